The lowest BCUT2D eigenvalue weighted by atomic mass is 9.97. The molecule has 0 saturated carbocycles. The predicted molar refractivity (Wildman–Crippen MR) is 75.5 cm³/mol. The van der Waals surface area contributed by atoms with Crippen LogP contribution in [-0.2, 0) is 14.3 Å². The summed E-state index contributed by atoms with van der Waals surface area (Å²) in [6.45, 7) is 5.78. The zero-order valence-corrected chi connectivity index (χ0v) is 12.3. The third-order valence-electron chi connectivity index (χ3n) is 3.46. The Bertz CT molecular complexity index is 302. The number of ether oxygens (including phenoxy) is 1. The first kappa shape index (κ1) is 16.9. The molecular formula is C14H26N2O4. The highest BCUT2D eigenvalue weighted by Crippen LogP contribution is 2.16. The van der Waals surface area contributed by atoms with Crippen LogP contribution in [-0.4, -0.2) is 61.3 Å². The van der Waals surface area contributed by atoms with Gasteiger partial charge >= 0.3 is 5.97 Å². The minimum absolute atomic E-state index is 0.0586. The molecule has 2 N–H and O–H groups in total. The van der Waals surface area contributed by atoms with Gasteiger partial charge in [0.1, 0.15) is 0 Å². The zero-order chi connectivity index (χ0) is 14.8. The van der Waals surface area contributed by atoms with Crippen LogP contribution in [0.2, 0.25) is 0 Å². The molecule has 0 radical (unpaired) electrons. The van der Waals surface area contributed by atoms with Crippen molar-refractivity contribution in [3.8, 4) is 0 Å². The molecule has 116 valence electrons. The molecule has 0 atom stereocenters. The quantitative estimate of drug-likeness (QED) is 0.611. The number of nitrogens with one attached hydrogen (secondary N) is 1. The number of likely N-dealkylation sites (tertiary alicyclic amines) is 1. The number of rotatable bonds is 9. The maximum absolute atomic E-state index is 11.9. The number of carboxylic acid groups (broad SMARTS) is 1. The highest BCUT2D eigenvalue weighted by atomic mass is 16.5. The van der Waals surface area contributed by atoms with E-state index in [4.69, 9.17) is 9.84 Å². The maximum atomic E-state index is 11.9. The standard InChI is InChI=1S/C14H26N2O4/c1-2-9-20-10-3-6-15-11-13(17)16-7-4-12(5-8-16)14(18)19/h12,15H,2-11H2,1H3,(H,18,19). The SMILES string of the molecule is CCCOCCCNCC(=O)N1CCC(C(=O)O)CC1. The summed E-state index contributed by atoms with van der Waals surface area (Å²) in [4.78, 5) is 24.5. The second kappa shape index (κ2) is 9.72. The van der Waals surface area contributed by atoms with E-state index in [9.17, 15) is 9.59 Å². The molecule has 1 amide bonds. The molecule has 0 aliphatic carbocycles. The van der Waals surface area contributed by atoms with Crippen molar-refractivity contribution < 1.29 is 19.4 Å². The number of nitrogens with zero attached hydrogens (tertiary/aromatic N) is 1. The monoisotopic (exact) mass is 286 g/mol. The lowest BCUT2D eigenvalue weighted by Crippen LogP contribution is -2.44. The second-order valence-electron chi connectivity index (χ2n) is 5.14. The van der Waals surface area contributed by atoms with E-state index in [1.54, 1.807) is 4.90 Å². The van der Waals surface area contributed by atoms with E-state index >= 15 is 0 Å². The summed E-state index contributed by atoms with van der Waals surface area (Å²) in [6.07, 6.45) is 3.05. The number of carbonyl (C=O) groups is 2. The average molecular weight is 286 g/mol. The third kappa shape index (κ3) is 6.34. The van der Waals surface area contributed by atoms with Crippen molar-refractivity contribution in [3.05, 3.63) is 0 Å². The van der Waals surface area contributed by atoms with Crippen molar-refractivity contribution in [2.45, 2.75) is 32.6 Å². The molecule has 0 bridgehead atoms. The molecule has 0 spiro atoms. The first-order valence-electron chi connectivity index (χ1n) is 7.44. The fourth-order valence-electron chi connectivity index (χ4n) is 2.23. The van der Waals surface area contributed by atoms with Gasteiger partial charge in [-0.1, -0.05) is 6.92 Å². The second-order valence-corrected chi connectivity index (χ2v) is 5.14. The van der Waals surface area contributed by atoms with Crippen LogP contribution in [0.15, 0.2) is 0 Å². The topological polar surface area (TPSA) is 78.9 Å². The number of piperidine rings is 1. The summed E-state index contributed by atoms with van der Waals surface area (Å²) >= 11 is 0. The molecule has 1 aliphatic rings. The summed E-state index contributed by atoms with van der Waals surface area (Å²) in [5, 5.41) is 12.0. The molecule has 6 nitrogen and oxygen atoms in total. The Morgan fingerprint density at radius 1 is 1.30 bits per heavy atom. The van der Waals surface area contributed by atoms with E-state index in [0.717, 1.165) is 32.6 Å². The number of amides is 1. The van der Waals surface area contributed by atoms with Crippen LogP contribution >= 0.6 is 0 Å². The molecule has 0 aromatic rings. The number of carboxylic acids is 1. The smallest absolute Gasteiger partial charge is 0.306 e. The Labute approximate surface area is 120 Å². The van der Waals surface area contributed by atoms with Crippen LogP contribution in [0.3, 0.4) is 0 Å². The van der Waals surface area contributed by atoms with E-state index in [2.05, 4.69) is 12.2 Å². The van der Waals surface area contributed by atoms with Gasteiger partial charge in [0.2, 0.25) is 5.91 Å². The van der Waals surface area contributed by atoms with Crippen LogP contribution in [0.25, 0.3) is 0 Å². The van der Waals surface area contributed by atoms with E-state index in [-0.39, 0.29) is 11.8 Å². The fraction of sp³-hybridized carbons (Fsp3) is 0.857. The van der Waals surface area contributed by atoms with E-state index in [0.29, 0.717) is 32.5 Å². The lowest BCUT2D eigenvalue weighted by molar-refractivity contribution is -0.145. The number of hydrogen-bond donors (Lipinski definition) is 2. The van der Waals surface area contributed by atoms with E-state index in [1.807, 2.05) is 0 Å². The minimum atomic E-state index is -0.748. The minimum Gasteiger partial charge on any atom is -0.481 e. The van der Waals surface area contributed by atoms with Crippen molar-refractivity contribution in [2.24, 2.45) is 5.92 Å². The number of hydrogen-bond acceptors (Lipinski definition) is 4. The summed E-state index contributed by atoms with van der Waals surface area (Å²) in [5.41, 5.74) is 0. The highest BCUT2D eigenvalue weighted by Gasteiger charge is 2.26. The van der Waals surface area contributed by atoms with Crippen LogP contribution < -0.4 is 5.32 Å². The first-order chi connectivity index (χ1) is 9.65. The number of carbonyl (C=O) groups excluding carboxylic acids is 1. The molecule has 0 unspecified atom stereocenters. The normalized spacial score (nSPS) is 16.4. The van der Waals surface area contributed by atoms with Gasteiger partial charge in [0, 0.05) is 26.3 Å². The molecule has 0 aromatic carbocycles. The lowest BCUT2D eigenvalue weighted by Gasteiger charge is -2.30. The van der Waals surface area contributed by atoms with Crippen molar-refractivity contribution in [2.75, 3.05) is 39.4 Å². The fourth-order valence-corrected chi connectivity index (χ4v) is 2.23. The van der Waals surface area contributed by atoms with E-state index < -0.39 is 5.97 Å². The van der Waals surface area contributed by atoms with Crippen molar-refractivity contribution >= 4 is 11.9 Å². The van der Waals surface area contributed by atoms with Gasteiger partial charge in [-0.05, 0) is 32.2 Å². The predicted octanol–water partition coefficient (Wildman–Crippen LogP) is 0.716. The van der Waals surface area contributed by atoms with Gasteiger partial charge in [0.25, 0.3) is 0 Å². The van der Waals surface area contributed by atoms with Crippen molar-refractivity contribution in [1.82, 2.24) is 10.2 Å². The van der Waals surface area contributed by atoms with Gasteiger partial charge < -0.3 is 20.1 Å². The summed E-state index contributed by atoms with van der Waals surface area (Å²) in [6, 6.07) is 0. The Balaban J connectivity index is 2.04. The Kier molecular flexibility index (Phi) is 8.22. The highest BCUT2D eigenvalue weighted by molar-refractivity contribution is 5.78. The molecule has 1 aliphatic heterocycles. The largest absolute Gasteiger partial charge is 0.481 e. The molecule has 0 aromatic heterocycles. The summed E-state index contributed by atoms with van der Waals surface area (Å²) in [5.74, 6) is -0.978. The van der Waals surface area contributed by atoms with Gasteiger partial charge in [-0.25, -0.2) is 0 Å². The molecule has 1 heterocycles. The molecule has 6 heteroatoms. The van der Waals surface area contributed by atoms with Gasteiger partial charge in [0.05, 0.1) is 12.5 Å². The molecule has 20 heavy (non-hydrogen) atoms. The molecular weight excluding hydrogens is 260 g/mol. The summed E-state index contributed by atoms with van der Waals surface area (Å²) < 4.78 is 5.35. The molecule has 1 rings (SSSR count). The van der Waals surface area contributed by atoms with Gasteiger partial charge in [-0.2, -0.15) is 0 Å². The number of aliphatic carboxylic acids is 1. The van der Waals surface area contributed by atoms with Crippen LogP contribution in [0, 0.1) is 5.92 Å². The zero-order valence-electron chi connectivity index (χ0n) is 12.3. The first-order valence-corrected chi connectivity index (χ1v) is 7.44. The van der Waals surface area contributed by atoms with Gasteiger partial charge in [-0.3, -0.25) is 9.59 Å². The third-order valence-corrected chi connectivity index (χ3v) is 3.46. The van der Waals surface area contributed by atoms with Crippen LogP contribution in [0.5, 0.6) is 0 Å². The summed E-state index contributed by atoms with van der Waals surface area (Å²) in [7, 11) is 0. The van der Waals surface area contributed by atoms with Gasteiger partial charge in [0.15, 0.2) is 0 Å². The van der Waals surface area contributed by atoms with E-state index in [1.165, 1.54) is 0 Å². The van der Waals surface area contributed by atoms with Crippen molar-refractivity contribution in [1.29, 1.82) is 0 Å². The molecule has 1 saturated heterocycles. The van der Waals surface area contributed by atoms with Gasteiger partial charge in [-0.15, -0.1) is 0 Å². The van der Waals surface area contributed by atoms with Crippen LogP contribution in [0.1, 0.15) is 32.6 Å². The van der Waals surface area contributed by atoms with Crippen molar-refractivity contribution in [3.63, 3.8) is 0 Å². The Morgan fingerprint density at radius 2 is 2.00 bits per heavy atom. The average Bonchev–Trinajstić information content (AvgIpc) is 2.46. The Hall–Kier alpha value is -1.14. The molecule has 1 fully saturated rings. The Morgan fingerprint density at radius 3 is 2.60 bits per heavy atom. The van der Waals surface area contributed by atoms with Crippen LogP contribution in [0.4, 0.5) is 0 Å². The maximum Gasteiger partial charge on any atom is 0.306 e.